The zero-order valence-electron chi connectivity index (χ0n) is 18.1. The third kappa shape index (κ3) is 3.35. The summed E-state index contributed by atoms with van der Waals surface area (Å²) in [5, 5.41) is 51.7. The topological polar surface area (TPSA) is 140 Å². The van der Waals surface area contributed by atoms with Crippen LogP contribution in [0.5, 0.6) is 5.75 Å². The Morgan fingerprint density at radius 3 is 2.62 bits per heavy atom. The van der Waals surface area contributed by atoms with E-state index in [9.17, 15) is 30.3 Å². The van der Waals surface area contributed by atoms with Crippen molar-refractivity contribution in [2.45, 2.75) is 88.2 Å². The van der Waals surface area contributed by atoms with Crippen molar-refractivity contribution in [3.8, 4) is 5.75 Å². The highest BCUT2D eigenvalue weighted by Crippen LogP contribution is 2.60. The molecular formula is C24H31O8-. The van der Waals surface area contributed by atoms with Gasteiger partial charge >= 0.3 is 0 Å². The van der Waals surface area contributed by atoms with Crippen LogP contribution in [-0.4, -0.2) is 63.2 Å². The van der Waals surface area contributed by atoms with E-state index in [0.717, 1.165) is 44.1 Å². The van der Waals surface area contributed by atoms with Gasteiger partial charge in [-0.3, -0.25) is 0 Å². The normalized spacial score (nSPS) is 45.5. The average Bonchev–Trinajstić information content (AvgIpc) is 3.08. The highest BCUT2D eigenvalue weighted by atomic mass is 16.7. The lowest BCUT2D eigenvalue weighted by molar-refractivity contribution is -0.342. The summed E-state index contributed by atoms with van der Waals surface area (Å²) in [6, 6.07) is 5.71. The van der Waals surface area contributed by atoms with Gasteiger partial charge in [-0.1, -0.05) is 13.0 Å². The molecule has 32 heavy (non-hydrogen) atoms. The molecule has 1 aliphatic heterocycles. The second-order valence-electron chi connectivity index (χ2n) is 10.2. The third-order valence-electron chi connectivity index (χ3n) is 8.70. The maximum absolute atomic E-state index is 11.2. The van der Waals surface area contributed by atoms with Crippen LogP contribution in [0.2, 0.25) is 0 Å². The van der Waals surface area contributed by atoms with Crippen molar-refractivity contribution in [2.24, 2.45) is 17.3 Å². The lowest BCUT2D eigenvalue weighted by Crippen LogP contribution is -2.63. The zero-order valence-corrected chi connectivity index (χ0v) is 18.1. The molecule has 3 fully saturated rings. The number of carbonyl (C=O) groups is 1. The van der Waals surface area contributed by atoms with Gasteiger partial charge in [0.05, 0.1) is 12.1 Å². The number of aliphatic hydroxyl groups excluding tert-OH is 4. The molecule has 1 aromatic carbocycles. The number of rotatable bonds is 3. The monoisotopic (exact) mass is 447 g/mol. The van der Waals surface area contributed by atoms with Crippen LogP contribution in [-0.2, 0) is 16.0 Å². The van der Waals surface area contributed by atoms with Gasteiger partial charge in [-0.2, -0.15) is 0 Å². The van der Waals surface area contributed by atoms with Crippen molar-refractivity contribution >= 4 is 5.97 Å². The quantitative estimate of drug-likeness (QED) is 0.501. The van der Waals surface area contributed by atoms with Crippen molar-refractivity contribution in [1.82, 2.24) is 0 Å². The van der Waals surface area contributed by atoms with Gasteiger partial charge in [-0.25, -0.2) is 0 Å². The molecule has 10 atom stereocenters. The van der Waals surface area contributed by atoms with Crippen LogP contribution in [0, 0.1) is 17.3 Å². The molecule has 176 valence electrons. The van der Waals surface area contributed by atoms with Gasteiger partial charge in [0.15, 0.2) is 0 Å². The predicted octanol–water partition coefficient (Wildman–Crippen LogP) is -0.160. The van der Waals surface area contributed by atoms with Crippen molar-refractivity contribution in [3.63, 3.8) is 0 Å². The largest absolute Gasteiger partial charge is 0.547 e. The van der Waals surface area contributed by atoms with Crippen LogP contribution in [0.3, 0.4) is 0 Å². The minimum atomic E-state index is -1.80. The molecule has 0 radical (unpaired) electrons. The fourth-order valence-electron chi connectivity index (χ4n) is 6.88. The number of benzene rings is 1. The summed E-state index contributed by atoms with van der Waals surface area (Å²) >= 11 is 0. The molecule has 8 nitrogen and oxygen atoms in total. The van der Waals surface area contributed by atoms with Gasteiger partial charge in [-0.15, -0.1) is 0 Å². The van der Waals surface area contributed by atoms with Crippen molar-refractivity contribution in [2.75, 3.05) is 0 Å². The van der Waals surface area contributed by atoms with Crippen LogP contribution >= 0.6 is 0 Å². The highest BCUT2D eigenvalue weighted by Gasteiger charge is 2.54. The Balaban J connectivity index is 1.34. The first-order valence-corrected chi connectivity index (χ1v) is 11.6. The summed E-state index contributed by atoms with van der Waals surface area (Å²) in [4.78, 5) is 11.2. The Morgan fingerprint density at radius 2 is 1.88 bits per heavy atom. The molecule has 1 saturated heterocycles. The molecule has 0 amide bonds. The highest BCUT2D eigenvalue weighted by molar-refractivity contribution is 5.71. The van der Waals surface area contributed by atoms with E-state index in [2.05, 4.69) is 6.92 Å². The number of hydrogen-bond acceptors (Lipinski definition) is 8. The van der Waals surface area contributed by atoms with E-state index in [1.165, 1.54) is 5.56 Å². The van der Waals surface area contributed by atoms with Gasteiger partial charge in [0.2, 0.25) is 6.29 Å². The zero-order chi connectivity index (χ0) is 22.8. The second kappa shape index (κ2) is 7.95. The predicted molar refractivity (Wildman–Crippen MR) is 109 cm³/mol. The maximum atomic E-state index is 11.2. The van der Waals surface area contributed by atoms with Crippen molar-refractivity contribution in [3.05, 3.63) is 29.3 Å². The molecule has 4 N–H and O–H groups in total. The Bertz CT molecular complexity index is 889. The van der Waals surface area contributed by atoms with E-state index in [1.54, 1.807) is 6.07 Å². The summed E-state index contributed by atoms with van der Waals surface area (Å²) in [7, 11) is 0. The van der Waals surface area contributed by atoms with E-state index >= 15 is 0 Å². The summed E-state index contributed by atoms with van der Waals surface area (Å²) < 4.78 is 10.9. The number of carboxylic acids is 1. The van der Waals surface area contributed by atoms with E-state index in [1.807, 2.05) is 12.1 Å². The number of aryl methyl sites for hydroxylation is 1. The van der Waals surface area contributed by atoms with Crippen molar-refractivity contribution in [1.29, 1.82) is 0 Å². The van der Waals surface area contributed by atoms with Gasteiger partial charge in [0.25, 0.3) is 0 Å². The van der Waals surface area contributed by atoms with E-state index < -0.39 is 36.7 Å². The summed E-state index contributed by atoms with van der Waals surface area (Å²) in [6.45, 7) is 2.25. The van der Waals surface area contributed by atoms with Crippen LogP contribution in [0.4, 0.5) is 0 Å². The number of fused-ring (bicyclic) bond motifs is 5. The minimum Gasteiger partial charge on any atom is -0.547 e. The van der Waals surface area contributed by atoms with Crippen LogP contribution < -0.4 is 9.84 Å². The number of carbonyl (C=O) groups excluding carboxylic acids is 1. The SMILES string of the molecule is C[C@]12CC[C@@H]3c4ccc(O[C@@H]5O[C@H](C(=O)[O-])[C@@H](O)[C@H](O)[C@H]5O)cc4CC[C@H]3[C@@H]1CC[C@H]2O. The summed E-state index contributed by atoms with van der Waals surface area (Å²) in [5.74, 6) is 0.278. The molecule has 1 heterocycles. The fraction of sp³-hybridized carbons (Fsp3) is 0.708. The van der Waals surface area contributed by atoms with Gasteiger partial charge in [0.1, 0.15) is 30.2 Å². The van der Waals surface area contributed by atoms with Gasteiger partial charge in [-0.05, 0) is 85.0 Å². The lowest BCUT2D eigenvalue weighted by Gasteiger charge is -2.50. The molecule has 8 heteroatoms. The first kappa shape index (κ1) is 22.1. The van der Waals surface area contributed by atoms with E-state index in [-0.39, 0.29) is 11.5 Å². The molecule has 5 rings (SSSR count). The average molecular weight is 448 g/mol. The lowest BCUT2D eigenvalue weighted by atomic mass is 9.55. The molecule has 0 aromatic heterocycles. The second-order valence-corrected chi connectivity index (χ2v) is 10.2. The van der Waals surface area contributed by atoms with Crippen LogP contribution in [0.15, 0.2) is 18.2 Å². The first-order valence-electron chi connectivity index (χ1n) is 11.6. The number of ether oxygens (including phenoxy) is 2. The molecule has 0 unspecified atom stereocenters. The van der Waals surface area contributed by atoms with E-state index in [4.69, 9.17) is 9.47 Å². The summed E-state index contributed by atoms with van der Waals surface area (Å²) in [5.41, 5.74) is 2.48. The standard InChI is InChI=1S/C24H32O8/c1-24-9-8-14-13-5-3-12(10-11(13)2-4-15(14)16(24)6-7-17(24)25)31-23-20(28)18(26)19(27)21(32-23)22(29)30/h3,5,10,14-21,23,25-28H,2,4,6-9H2,1H3,(H,29,30)/p-1/t14-,15-,16+,17-,18+,19+,20-,21+,23-,24+/m1/s1. The Kier molecular flexibility index (Phi) is 5.49. The third-order valence-corrected chi connectivity index (χ3v) is 8.70. The number of aliphatic carboxylic acids is 1. The maximum Gasteiger partial charge on any atom is 0.229 e. The minimum absolute atomic E-state index is 0.0249. The van der Waals surface area contributed by atoms with E-state index in [0.29, 0.717) is 23.5 Å². The number of hydrogen-bond donors (Lipinski definition) is 4. The molecule has 3 aliphatic carbocycles. The van der Waals surface area contributed by atoms with Gasteiger partial charge < -0.3 is 39.8 Å². The number of aliphatic hydroxyl groups is 4. The summed E-state index contributed by atoms with van der Waals surface area (Å²) in [6.07, 6.45) is -2.61. The van der Waals surface area contributed by atoms with Crippen molar-refractivity contribution < 1.29 is 39.8 Å². The molecule has 0 bridgehead atoms. The Labute approximate surface area is 186 Å². The Morgan fingerprint density at radius 1 is 1.09 bits per heavy atom. The molecule has 2 saturated carbocycles. The molecule has 1 aromatic rings. The molecule has 4 aliphatic rings. The van der Waals surface area contributed by atoms with Gasteiger partial charge in [0, 0.05) is 0 Å². The smallest absolute Gasteiger partial charge is 0.229 e. The molecular weight excluding hydrogens is 416 g/mol. The Hall–Kier alpha value is -1.71. The van der Waals surface area contributed by atoms with Crippen LogP contribution in [0.25, 0.3) is 0 Å². The first-order chi connectivity index (χ1) is 15.2. The fourth-order valence-corrected chi connectivity index (χ4v) is 6.88. The van der Waals surface area contributed by atoms with Crippen LogP contribution in [0.1, 0.15) is 56.1 Å². The molecule has 0 spiro atoms. The number of carboxylic acid groups (broad SMARTS) is 1.